The highest BCUT2D eigenvalue weighted by Gasteiger charge is 2.23. The number of nitrogens with zero attached hydrogens (tertiary/aromatic N) is 1. The Morgan fingerprint density at radius 3 is 1.07 bits per heavy atom. The molecule has 0 aromatic carbocycles. The van der Waals surface area contributed by atoms with Crippen LogP contribution in [0.3, 0.4) is 0 Å². The van der Waals surface area contributed by atoms with E-state index in [0.717, 1.165) is 96.3 Å². The molecule has 0 aliphatic heterocycles. The molecule has 8 nitrogen and oxygen atoms in total. The summed E-state index contributed by atoms with van der Waals surface area (Å²) in [5, 5.41) is 13.9. The second-order valence-electron chi connectivity index (χ2n) is 25.2. The van der Waals surface area contributed by atoms with Crippen LogP contribution in [0.5, 0.6) is 0 Å². The van der Waals surface area contributed by atoms with Crippen LogP contribution in [0.2, 0.25) is 0 Å². The number of carbonyl (C=O) groups is 1. The van der Waals surface area contributed by atoms with Gasteiger partial charge in [0.25, 0.3) is 7.82 Å². The fourth-order valence-corrected chi connectivity index (χ4v) is 10.7. The highest BCUT2D eigenvalue weighted by molar-refractivity contribution is 7.45. The Morgan fingerprint density at radius 1 is 0.414 bits per heavy atom. The minimum absolute atomic E-state index is 0.0149. The van der Waals surface area contributed by atoms with Crippen LogP contribution in [0.25, 0.3) is 0 Å². The molecule has 3 unspecified atom stereocenters. The zero-order valence-corrected chi connectivity index (χ0v) is 58.1. The standard InChI is InChI=1S/C78H137N2O6P/c1-6-8-10-12-14-16-18-20-22-24-26-28-30-32-34-36-37-38-39-40-41-42-43-44-46-48-50-52-54-56-58-60-62-64-66-68-70-72-78(82)79-76(75-86-87(83,84)85-74-73-80(3,4)5)77(81)71-69-67-65-63-61-59-57-55-53-51-49-47-45-35-33-31-29-27-25-23-21-19-17-15-13-11-9-7-2/h8,10,14,16,20,22,26,28,32,34,37-38,40-41,43-44,53,55,61,63,69,71,76-77,81H,6-7,9,11-13,15,17-19,21,23-25,27,29-31,33,35-36,39,42,45-52,54,56-60,62,64-68,70,72-75H2,1-5H3,(H-,79,82,83,84)/b10-8-,16-14-,22-20-,28-26-,34-32-,38-37-,41-40-,44-43-,55-53+,63-61+,71-69+. The smallest absolute Gasteiger partial charge is 0.268 e. The molecule has 0 aromatic heterocycles. The third-order valence-corrected chi connectivity index (χ3v) is 16.5. The van der Waals surface area contributed by atoms with Gasteiger partial charge in [0.05, 0.1) is 39.9 Å². The Balaban J connectivity index is 4.15. The Kier molecular flexibility index (Phi) is 64.5. The molecule has 87 heavy (non-hydrogen) atoms. The number of amides is 1. The molecule has 0 aliphatic carbocycles. The maximum atomic E-state index is 13.0. The van der Waals surface area contributed by atoms with Gasteiger partial charge in [0.2, 0.25) is 5.91 Å². The number of unbranched alkanes of at least 4 members (excludes halogenated alkanes) is 32. The van der Waals surface area contributed by atoms with E-state index in [-0.39, 0.29) is 12.5 Å². The lowest BCUT2D eigenvalue weighted by Gasteiger charge is -2.29. The van der Waals surface area contributed by atoms with Crippen LogP contribution in [-0.2, 0) is 18.4 Å². The zero-order chi connectivity index (χ0) is 63.4. The van der Waals surface area contributed by atoms with Gasteiger partial charge in [0.1, 0.15) is 13.2 Å². The van der Waals surface area contributed by atoms with E-state index in [2.05, 4.69) is 141 Å². The van der Waals surface area contributed by atoms with Crippen LogP contribution in [-0.4, -0.2) is 68.5 Å². The monoisotopic (exact) mass is 1230 g/mol. The largest absolute Gasteiger partial charge is 0.756 e. The number of carbonyl (C=O) groups excluding carboxylic acids is 1. The van der Waals surface area contributed by atoms with Gasteiger partial charge in [-0.1, -0.05) is 321 Å². The number of nitrogens with one attached hydrogen (secondary N) is 1. The number of phosphoric ester groups is 1. The van der Waals surface area contributed by atoms with Crippen molar-refractivity contribution in [3.63, 3.8) is 0 Å². The van der Waals surface area contributed by atoms with E-state index < -0.39 is 26.6 Å². The number of aliphatic hydroxyl groups excluding tert-OH is 1. The van der Waals surface area contributed by atoms with Gasteiger partial charge in [-0.3, -0.25) is 9.36 Å². The Morgan fingerprint density at radius 2 is 0.713 bits per heavy atom. The molecule has 0 fully saturated rings. The average molecular weight is 1230 g/mol. The van der Waals surface area contributed by atoms with Gasteiger partial charge in [-0.15, -0.1) is 0 Å². The van der Waals surface area contributed by atoms with E-state index in [1.807, 2.05) is 27.2 Å². The summed E-state index contributed by atoms with van der Waals surface area (Å²) in [6.07, 6.45) is 102. The van der Waals surface area contributed by atoms with Gasteiger partial charge < -0.3 is 28.8 Å². The third kappa shape index (κ3) is 70.0. The summed E-state index contributed by atoms with van der Waals surface area (Å²) >= 11 is 0. The SMILES string of the molecule is CC/C=C\C/C=C\C/C=C\C/C=C\C/C=C\C/C=C\C/C=C\C/C=C\CCCCCCCCCCCCCCC(=O)NC(COP(=O)([O-])OCC[N+](C)(C)C)C(O)/C=C/CC/C=C/CC/C=C/CCCCCCCCCCCCCCCCCCCC. The van der Waals surface area contributed by atoms with Gasteiger partial charge >= 0.3 is 0 Å². The number of rotatable bonds is 65. The van der Waals surface area contributed by atoms with Crippen LogP contribution in [0.4, 0.5) is 0 Å². The quantitative estimate of drug-likeness (QED) is 0.0272. The molecule has 2 N–H and O–H groups in total. The average Bonchev–Trinajstić information content (AvgIpc) is 3.70. The highest BCUT2D eigenvalue weighted by atomic mass is 31.2. The topological polar surface area (TPSA) is 108 Å². The van der Waals surface area contributed by atoms with E-state index in [1.165, 1.54) is 186 Å². The van der Waals surface area contributed by atoms with Crippen LogP contribution in [0, 0.1) is 0 Å². The molecule has 0 saturated carbocycles. The molecule has 0 aliphatic rings. The predicted octanol–water partition coefficient (Wildman–Crippen LogP) is 22.8. The first-order valence-corrected chi connectivity index (χ1v) is 37.5. The number of hydrogen-bond acceptors (Lipinski definition) is 6. The highest BCUT2D eigenvalue weighted by Crippen LogP contribution is 2.38. The number of likely N-dealkylation sites (N-methyl/N-ethyl adjacent to an activating group) is 1. The summed E-state index contributed by atoms with van der Waals surface area (Å²) in [7, 11) is 1.23. The second-order valence-corrected chi connectivity index (χ2v) is 26.6. The Hall–Kier alpha value is -3.36. The molecule has 0 aromatic rings. The lowest BCUT2D eigenvalue weighted by molar-refractivity contribution is -0.870. The Bertz CT molecular complexity index is 1880. The van der Waals surface area contributed by atoms with E-state index in [1.54, 1.807) is 6.08 Å². The first kappa shape index (κ1) is 83.6. The number of phosphoric acid groups is 1. The molecular weight excluding hydrogens is 1090 g/mol. The molecule has 0 spiro atoms. The summed E-state index contributed by atoms with van der Waals surface area (Å²) < 4.78 is 23.4. The van der Waals surface area contributed by atoms with E-state index >= 15 is 0 Å². The van der Waals surface area contributed by atoms with Crippen molar-refractivity contribution in [1.82, 2.24) is 5.32 Å². The number of allylic oxidation sites excluding steroid dienone is 21. The van der Waals surface area contributed by atoms with Gasteiger partial charge in [-0.05, 0) is 109 Å². The zero-order valence-electron chi connectivity index (χ0n) is 57.2. The van der Waals surface area contributed by atoms with Gasteiger partial charge in [0.15, 0.2) is 0 Å². The second kappa shape index (κ2) is 67.0. The van der Waals surface area contributed by atoms with Crippen molar-refractivity contribution >= 4 is 13.7 Å². The van der Waals surface area contributed by atoms with Gasteiger partial charge in [-0.25, -0.2) is 0 Å². The van der Waals surface area contributed by atoms with Crippen molar-refractivity contribution < 1.29 is 32.9 Å². The minimum atomic E-state index is -4.63. The molecule has 0 radical (unpaired) electrons. The van der Waals surface area contributed by atoms with Crippen molar-refractivity contribution in [3.8, 4) is 0 Å². The van der Waals surface area contributed by atoms with Crippen molar-refractivity contribution in [2.75, 3.05) is 40.9 Å². The van der Waals surface area contributed by atoms with Gasteiger partial charge in [0, 0.05) is 6.42 Å². The van der Waals surface area contributed by atoms with Crippen LogP contribution in [0.1, 0.15) is 303 Å². The molecule has 0 saturated heterocycles. The summed E-state index contributed by atoms with van der Waals surface area (Å²) in [6.45, 7) is 4.52. The maximum absolute atomic E-state index is 13.0. The van der Waals surface area contributed by atoms with Crippen LogP contribution < -0.4 is 10.2 Å². The van der Waals surface area contributed by atoms with Crippen LogP contribution in [0.15, 0.2) is 134 Å². The maximum Gasteiger partial charge on any atom is 0.268 e. The molecule has 0 rings (SSSR count). The lowest BCUT2D eigenvalue weighted by Crippen LogP contribution is -2.45. The summed E-state index contributed by atoms with van der Waals surface area (Å²) in [4.78, 5) is 25.6. The molecule has 3 atom stereocenters. The van der Waals surface area contributed by atoms with Crippen molar-refractivity contribution in [3.05, 3.63) is 134 Å². The number of quaternary nitrogens is 1. The Labute approximate surface area is 538 Å². The van der Waals surface area contributed by atoms with E-state index in [9.17, 15) is 19.4 Å². The summed E-state index contributed by atoms with van der Waals surface area (Å²) in [5.74, 6) is -0.216. The molecule has 500 valence electrons. The third-order valence-electron chi connectivity index (χ3n) is 15.6. The number of aliphatic hydroxyl groups is 1. The van der Waals surface area contributed by atoms with Crippen LogP contribution >= 0.6 is 7.82 Å². The van der Waals surface area contributed by atoms with Gasteiger partial charge in [-0.2, -0.15) is 0 Å². The fourth-order valence-electron chi connectivity index (χ4n) is 10.0. The summed E-state index contributed by atoms with van der Waals surface area (Å²) in [6, 6.07) is -0.922. The molecule has 0 bridgehead atoms. The first-order valence-electron chi connectivity index (χ1n) is 36.0. The molecule has 0 heterocycles. The molecule has 1 amide bonds. The van der Waals surface area contributed by atoms with Crippen molar-refractivity contribution in [2.24, 2.45) is 0 Å². The fraction of sp³-hybridized carbons (Fsp3) is 0.705. The van der Waals surface area contributed by atoms with E-state index in [0.29, 0.717) is 17.4 Å². The normalized spacial score (nSPS) is 14.4. The lowest BCUT2D eigenvalue weighted by atomic mass is 10.0. The van der Waals surface area contributed by atoms with E-state index in [4.69, 9.17) is 9.05 Å². The minimum Gasteiger partial charge on any atom is -0.756 e. The first-order chi connectivity index (χ1) is 42.5. The molecular formula is C78H137N2O6P. The van der Waals surface area contributed by atoms with Crippen molar-refractivity contribution in [1.29, 1.82) is 0 Å². The predicted molar refractivity (Wildman–Crippen MR) is 380 cm³/mol. The number of hydrogen-bond donors (Lipinski definition) is 2. The summed E-state index contributed by atoms with van der Waals surface area (Å²) in [5.41, 5.74) is 0. The molecule has 9 heteroatoms. The van der Waals surface area contributed by atoms with Crippen molar-refractivity contribution in [2.45, 2.75) is 315 Å².